The number of benzene rings is 1. The van der Waals surface area contributed by atoms with Crippen LogP contribution in [-0.4, -0.2) is 23.1 Å². The Bertz CT molecular complexity index is 436. The second kappa shape index (κ2) is 5.24. The van der Waals surface area contributed by atoms with Crippen LogP contribution in [0.25, 0.3) is 0 Å². The van der Waals surface area contributed by atoms with E-state index in [9.17, 15) is 4.79 Å². The summed E-state index contributed by atoms with van der Waals surface area (Å²) in [5.74, 6) is 0.468. The Kier molecular flexibility index (Phi) is 3.83. The fourth-order valence-corrected chi connectivity index (χ4v) is 2.63. The molecule has 0 aliphatic carbocycles. The van der Waals surface area contributed by atoms with Crippen molar-refractivity contribution in [2.45, 2.75) is 45.8 Å². The molecule has 3 heteroatoms. The molecule has 0 saturated carbocycles. The van der Waals surface area contributed by atoms with Crippen LogP contribution in [0.3, 0.4) is 0 Å². The van der Waals surface area contributed by atoms with Crippen LogP contribution >= 0.6 is 0 Å². The number of ether oxygens (including phenoxy) is 1. The molecule has 1 aromatic carbocycles. The Balaban J connectivity index is 2.18. The number of carbonyl (C=O) groups excluding carboxylic acids is 1. The monoisotopic (exact) mass is 261 g/mol. The maximum Gasteiger partial charge on any atom is 0.410 e. The predicted octanol–water partition coefficient (Wildman–Crippen LogP) is 4.00. The zero-order chi connectivity index (χ0) is 14.0. The van der Waals surface area contributed by atoms with Gasteiger partial charge in [0.05, 0.1) is 6.04 Å². The summed E-state index contributed by atoms with van der Waals surface area (Å²) in [6.07, 6.45) is 0.824. The molecule has 104 valence electrons. The number of likely N-dealkylation sites (tertiary alicyclic amines) is 1. The van der Waals surface area contributed by atoms with Gasteiger partial charge in [-0.15, -0.1) is 0 Å². The molecule has 1 unspecified atom stereocenters. The summed E-state index contributed by atoms with van der Waals surface area (Å²) in [4.78, 5) is 14.2. The van der Waals surface area contributed by atoms with Gasteiger partial charge in [0.1, 0.15) is 5.60 Å². The van der Waals surface area contributed by atoms with Gasteiger partial charge in [-0.25, -0.2) is 4.79 Å². The number of amides is 1. The first-order chi connectivity index (χ1) is 8.88. The average molecular weight is 261 g/mol. The van der Waals surface area contributed by atoms with E-state index in [2.05, 4.69) is 19.1 Å². The molecule has 0 aromatic heterocycles. The normalized spacial score (nSPS) is 23.5. The van der Waals surface area contributed by atoms with Gasteiger partial charge < -0.3 is 9.64 Å². The third kappa shape index (κ3) is 3.28. The lowest BCUT2D eigenvalue weighted by molar-refractivity contribution is 0.0208. The quantitative estimate of drug-likeness (QED) is 0.764. The molecule has 0 N–H and O–H groups in total. The van der Waals surface area contributed by atoms with Crippen molar-refractivity contribution < 1.29 is 9.53 Å². The van der Waals surface area contributed by atoms with E-state index in [1.165, 1.54) is 5.56 Å². The molecule has 19 heavy (non-hydrogen) atoms. The SMILES string of the molecule is C[C@H]1CCN(C(=O)OC(C)(C)C)C1c1ccccc1. The van der Waals surface area contributed by atoms with E-state index in [-0.39, 0.29) is 12.1 Å². The van der Waals surface area contributed by atoms with Gasteiger partial charge in [0.2, 0.25) is 0 Å². The highest BCUT2D eigenvalue weighted by Gasteiger charge is 2.37. The molecule has 1 fully saturated rings. The van der Waals surface area contributed by atoms with E-state index in [0.29, 0.717) is 5.92 Å². The highest BCUT2D eigenvalue weighted by molar-refractivity contribution is 5.69. The van der Waals surface area contributed by atoms with Gasteiger partial charge in [-0.3, -0.25) is 0 Å². The Morgan fingerprint density at radius 2 is 1.89 bits per heavy atom. The molecule has 1 heterocycles. The minimum atomic E-state index is -0.440. The van der Waals surface area contributed by atoms with Gasteiger partial charge in [0.15, 0.2) is 0 Å². The summed E-state index contributed by atoms with van der Waals surface area (Å²) in [5.41, 5.74) is 0.753. The number of hydrogen-bond donors (Lipinski definition) is 0. The van der Waals surface area contributed by atoms with E-state index in [4.69, 9.17) is 4.74 Å². The topological polar surface area (TPSA) is 29.5 Å². The highest BCUT2D eigenvalue weighted by Crippen LogP contribution is 2.37. The van der Waals surface area contributed by atoms with Crippen LogP contribution in [0.5, 0.6) is 0 Å². The third-order valence-electron chi connectivity index (χ3n) is 3.47. The number of carbonyl (C=O) groups is 1. The summed E-state index contributed by atoms with van der Waals surface area (Å²) >= 11 is 0. The molecular formula is C16H23NO2. The van der Waals surface area contributed by atoms with Crippen molar-refractivity contribution in [2.24, 2.45) is 5.92 Å². The van der Waals surface area contributed by atoms with E-state index < -0.39 is 5.60 Å². The predicted molar refractivity (Wildman–Crippen MR) is 75.9 cm³/mol. The summed E-state index contributed by atoms with van der Waals surface area (Å²) in [6, 6.07) is 10.4. The minimum Gasteiger partial charge on any atom is -0.444 e. The average Bonchev–Trinajstić information content (AvgIpc) is 2.70. The lowest BCUT2D eigenvalue weighted by atomic mass is 9.96. The Morgan fingerprint density at radius 3 is 2.47 bits per heavy atom. The Labute approximate surface area is 115 Å². The molecule has 0 bridgehead atoms. The molecular weight excluding hydrogens is 238 g/mol. The zero-order valence-electron chi connectivity index (χ0n) is 12.2. The largest absolute Gasteiger partial charge is 0.444 e. The highest BCUT2D eigenvalue weighted by atomic mass is 16.6. The molecule has 1 aromatic rings. The fourth-order valence-electron chi connectivity index (χ4n) is 2.63. The first-order valence-electron chi connectivity index (χ1n) is 6.93. The van der Waals surface area contributed by atoms with Gasteiger partial charge in [-0.05, 0) is 38.7 Å². The van der Waals surface area contributed by atoms with Gasteiger partial charge in [0.25, 0.3) is 0 Å². The van der Waals surface area contributed by atoms with Crippen molar-refractivity contribution >= 4 is 6.09 Å². The summed E-state index contributed by atoms with van der Waals surface area (Å²) < 4.78 is 5.51. The van der Waals surface area contributed by atoms with E-state index in [1.807, 2.05) is 43.9 Å². The van der Waals surface area contributed by atoms with Crippen LogP contribution in [0, 0.1) is 5.92 Å². The first-order valence-corrected chi connectivity index (χ1v) is 6.93. The molecule has 1 saturated heterocycles. The second-order valence-corrected chi connectivity index (χ2v) is 6.30. The molecule has 2 rings (SSSR count). The standard InChI is InChI=1S/C16H23NO2/c1-12-10-11-17(15(18)19-16(2,3)4)14(12)13-8-6-5-7-9-13/h5-9,12,14H,10-11H2,1-4H3/t12-,14?/m0/s1. The van der Waals surface area contributed by atoms with Crippen LogP contribution in [0.1, 0.15) is 45.7 Å². The molecule has 1 aliphatic rings. The van der Waals surface area contributed by atoms with Crippen LogP contribution in [0.2, 0.25) is 0 Å². The molecule has 0 radical (unpaired) electrons. The minimum absolute atomic E-state index is 0.135. The number of rotatable bonds is 1. The van der Waals surface area contributed by atoms with Crippen LogP contribution < -0.4 is 0 Å². The smallest absolute Gasteiger partial charge is 0.410 e. The number of hydrogen-bond acceptors (Lipinski definition) is 2. The van der Waals surface area contributed by atoms with E-state index in [1.54, 1.807) is 0 Å². The van der Waals surface area contributed by atoms with Crippen molar-refractivity contribution in [3.05, 3.63) is 35.9 Å². The van der Waals surface area contributed by atoms with Crippen LogP contribution in [0.4, 0.5) is 4.79 Å². The van der Waals surface area contributed by atoms with E-state index in [0.717, 1.165) is 13.0 Å². The Morgan fingerprint density at radius 1 is 1.26 bits per heavy atom. The third-order valence-corrected chi connectivity index (χ3v) is 3.47. The van der Waals surface area contributed by atoms with Crippen LogP contribution in [-0.2, 0) is 4.74 Å². The maximum atomic E-state index is 12.3. The van der Waals surface area contributed by atoms with Crippen molar-refractivity contribution in [3.63, 3.8) is 0 Å². The maximum absolute atomic E-state index is 12.3. The van der Waals surface area contributed by atoms with Crippen LogP contribution in [0.15, 0.2) is 30.3 Å². The summed E-state index contributed by atoms with van der Waals surface area (Å²) in [5, 5.41) is 0. The summed E-state index contributed by atoms with van der Waals surface area (Å²) in [7, 11) is 0. The van der Waals surface area contributed by atoms with Crippen molar-refractivity contribution in [1.29, 1.82) is 0 Å². The lowest BCUT2D eigenvalue weighted by Crippen LogP contribution is -2.37. The fraction of sp³-hybridized carbons (Fsp3) is 0.562. The second-order valence-electron chi connectivity index (χ2n) is 6.30. The van der Waals surface area contributed by atoms with Gasteiger partial charge in [-0.1, -0.05) is 37.3 Å². The first kappa shape index (κ1) is 13.9. The van der Waals surface area contributed by atoms with Gasteiger partial charge >= 0.3 is 6.09 Å². The molecule has 1 amide bonds. The molecule has 1 aliphatic heterocycles. The van der Waals surface area contributed by atoms with Crippen molar-refractivity contribution in [3.8, 4) is 0 Å². The van der Waals surface area contributed by atoms with Crippen molar-refractivity contribution in [2.75, 3.05) is 6.54 Å². The van der Waals surface area contributed by atoms with E-state index >= 15 is 0 Å². The molecule has 0 spiro atoms. The molecule has 3 nitrogen and oxygen atoms in total. The summed E-state index contributed by atoms with van der Waals surface area (Å²) in [6.45, 7) is 8.68. The molecule has 2 atom stereocenters. The number of nitrogens with zero attached hydrogens (tertiary/aromatic N) is 1. The lowest BCUT2D eigenvalue weighted by Gasteiger charge is -2.30. The zero-order valence-corrected chi connectivity index (χ0v) is 12.2. The van der Waals surface area contributed by atoms with Gasteiger partial charge in [0, 0.05) is 6.54 Å². The van der Waals surface area contributed by atoms with Gasteiger partial charge in [-0.2, -0.15) is 0 Å². The van der Waals surface area contributed by atoms with Crippen molar-refractivity contribution in [1.82, 2.24) is 4.90 Å². The Hall–Kier alpha value is -1.51.